The lowest BCUT2D eigenvalue weighted by Gasteiger charge is -2.23. The number of ether oxygens (including phenoxy) is 1. The fourth-order valence-corrected chi connectivity index (χ4v) is 3.77. The molecule has 3 aromatic rings. The average Bonchev–Trinajstić information content (AvgIpc) is 2.84. The van der Waals surface area contributed by atoms with Gasteiger partial charge in [-0.2, -0.15) is 0 Å². The molecule has 34 heavy (non-hydrogen) atoms. The molecule has 8 heteroatoms. The number of aromatic nitrogens is 2. The number of nitrogens with zero attached hydrogens (tertiary/aromatic N) is 3. The van der Waals surface area contributed by atoms with Gasteiger partial charge in [-0.05, 0) is 87.1 Å². The summed E-state index contributed by atoms with van der Waals surface area (Å²) >= 11 is 0. The topological polar surface area (TPSA) is 115 Å². The number of benzene rings is 2. The highest BCUT2D eigenvalue weighted by Gasteiger charge is 2.15. The fourth-order valence-electron chi connectivity index (χ4n) is 3.77. The molecule has 1 aliphatic heterocycles. The molecule has 1 amide bonds. The first-order chi connectivity index (χ1) is 16.5. The van der Waals surface area contributed by atoms with Gasteiger partial charge in [0, 0.05) is 23.3 Å². The van der Waals surface area contributed by atoms with Crippen molar-refractivity contribution in [3.63, 3.8) is 0 Å². The lowest BCUT2D eigenvalue weighted by molar-refractivity contribution is 0.102. The van der Waals surface area contributed by atoms with Crippen molar-refractivity contribution in [3.8, 4) is 5.75 Å². The molecule has 2 heterocycles. The molecule has 0 bridgehead atoms. The van der Waals surface area contributed by atoms with Crippen LogP contribution in [0.1, 0.15) is 35.7 Å². The normalized spacial score (nSPS) is 15.2. The molecule has 8 nitrogen and oxygen atoms in total. The van der Waals surface area contributed by atoms with Gasteiger partial charge < -0.3 is 15.8 Å². The van der Waals surface area contributed by atoms with E-state index in [2.05, 4.69) is 32.3 Å². The number of hydrogen-bond acceptors (Lipinski definition) is 7. The standard InChI is InChI=1S/C26H28N6O2/c1-17(13-21(27)16-28-2)19-3-4-20-15-30-26(31-24(20)14-19)32-25(33)18-5-7-22(8-6-18)34-23-9-11-29-12-10-23/h3-8,13-16,23,29H,2,9-12,27H2,1H3,(H,30,31,32,33)/b17-13+,21-16+. The number of piperidine rings is 1. The first-order valence-electron chi connectivity index (χ1n) is 11.2. The molecule has 4 rings (SSSR count). The summed E-state index contributed by atoms with van der Waals surface area (Å²) in [5.41, 5.74) is 9.53. The summed E-state index contributed by atoms with van der Waals surface area (Å²) in [6, 6.07) is 13.0. The second-order valence-corrected chi connectivity index (χ2v) is 8.15. The molecule has 1 saturated heterocycles. The molecule has 1 aromatic heterocycles. The zero-order valence-corrected chi connectivity index (χ0v) is 19.1. The van der Waals surface area contributed by atoms with Crippen molar-refractivity contribution in [2.24, 2.45) is 10.7 Å². The lowest BCUT2D eigenvalue weighted by Crippen LogP contribution is -2.34. The Bertz CT molecular complexity index is 1240. The van der Waals surface area contributed by atoms with E-state index in [1.54, 1.807) is 18.3 Å². The maximum absolute atomic E-state index is 12.7. The zero-order valence-electron chi connectivity index (χ0n) is 19.1. The van der Waals surface area contributed by atoms with Crippen LogP contribution in [0.25, 0.3) is 16.5 Å². The number of carbonyl (C=O) groups is 1. The van der Waals surface area contributed by atoms with E-state index >= 15 is 0 Å². The Hall–Kier alpha value is -4.04. The predicted molar refractivity (Wildman–Crippen MR) is 136 cm³/mol. The first-order valence-corrected chi connectivity index (χ1v) is 11.2. The van der Waals surface area contributed by atoms with Crippen LogP contribution in [0.3, 0.4) is 0 Å². The monoisotopic (exact) mass is 456 g/mol. The van der Waals surface area contributed by atoms with Crippen molar-refractivity contribution in [1.29, 1.82) is 0 Å². The van der Waals surface area contributed by atoms with Gasteiger partial charge in [0.25, 0.3) is 5.91 Å². The highest BCUT2D eigenvalue weighted by Crippen LogP contribution is 2.22. The number of allylic oxidation sites excluding steroid dienone is 2. The molecular formula is C26H28N6O2. The Morgan fingerprint density at radius 3 is 2.68 bits per heavy atom. The van der Waals surface area contributed by atoms with Crippen LogP contribution in [-0.2, 0) is 0 Å². The number of anilines is 1. The number of hydrogen-bond donors (Lipinski definition) is 3. The molecule has 0 spiro atoms. The van der Waals surface area contributed by atoms with Gasteiger partial charge in [0.05, 0.1) is 11.2 Å². The minimum Gasteiger partial charge on any atom is -0.490 e. The molecule has 0 atom stereocenters. The molecule has 1 fully saturated rings. The largest absolute Gasteiger partial charge is 0.490 e. The predicted octanol–water partition coefficient (Wildman–Crippen LogP) is 3.92. The van der Waals surface area contributed by atoms with Gasteiger partial charge in [-0.25, -0.2) is 9.97 Å². The number of nitrogens with one attached hydrogen (secondary N) is 2. The van der Waals surface area contributed by atoms with Crippen molar-refractivity contribution in [3.05, 3.63) is 77.8 Å². The van der Waals surface area contributed by atoms with Gasteiger partial charge in [0.1, 0.15) is 11.9 Å². The average molecular weight is 457 g/mol. The van der Waals surface area contributed by atoms with E-state index < -0.39 is 0 Å². The molecule has 4 N–H and O–H groups in total. The van der Waals surface area contributed by atoms with E-state index in [0.717, 1.165) is 48.2 Å². The number of rotatable bonds is 7. The minimum atomic E-state index is -0.283. The molecule has 0 aliphatic carbocycles. The Labute approximate surface area is 198 Å². The molecule has 0 saturated carbocycles. The third-order valence-electron chi connectivity index (χ3n) is 5.59. The van der Waals surface area contributed by atoms with Crippen molar-refractivity contribution >= 4 is 35.0 Å². The molecule has 174 valence electrons. The van der Waals surface area contributed by atoms with Crippen molar-refractivity contribution in [2.75, 3.05) is 18.4 Å². The fraction of sp³-hybridized carbons (Fsp3) is 0.231. The summed E-state index contributed by atoms with van der Waals surface area (Å²) in [5, 5.41) is 6.96. The van der Waals surface area contributed by atoms with Gasteiger partial charge >= 0.3 is 0 Å². The van der Waals surface area contributed by atoms with E-state index in [-0.39, 0.29) is 18.0 Å². The summed E-state index contributed by atoms with van der Waals surface area (Å²) in [6.07, 6.45) is 7.17. The summed E-state index contributed by atoms with van der Waals surface area (Å²) in [5.74, 6) is 0.720. The number of nitrogens with two attached hydrogens (primary N) is 1. The Kier molecular flexibility index (Phi) is 7.29. The number of carbonyl (C=O) groups excluding carboxylic acids is 1. The second kappa shape index (κ2) is 10.7. The Balaban J connectivity index is 1.46. The van der Waals surface area contributed by atoms with Crippen molar-refractivity contribution < 1.29 is 9.53 Å². The Morgan fingerprint density at radius 2 is 1.94 bits per heavy atom. The molecule has 1 aliphatic rings. The summed E-state index contributed by atoms with van der Waals surface area (Å²) in [4.78, 5) is 25.2. The second-order valence-electron chi connectivity index (χ2n) is 8.15. The Morgan fingerprint density at radius 1 is 1.21 bits per heavy atom. The van der Waals surface area contributed by atoms with Crippen molar-refractivity contribution in [1.82, 2.24) is 15.3 Å². The van der Waals surface area contributed by atoms with Gasteiger partial charge in [0.15, 0.2) is 0 Å². The van der Waals surface area contributed by atoms with Gasteiger partial charge in [-0.15, -0.1) is 0 Å². The van der Waals surface area contributed by atoms with Crippen LogP contribution in [0.15, 0.2) is 71.6 Å². The van der Waals surface area contributed by atoms with Gasteiger partial charge in [0.2, 0.25) is 5.95 Å². The van der Waals surface area contributed by atoms with E-state index in [0.29, 0.717) is 16.8 Å². The summed E-state index contributed by atoms with van der Waals surface area (Å²) in [7, 11) is 0. The highest BCUT2D eigenvalue weighted by atomic mass is 16.5. The zero-order chi connectivity index (χ0) is 23.9. The number of fused-ring (bicyclic) bond motifs is 1. The van der Waals surface area contributed by atoms with Crippen LogP contribution in [0.2, 0.25) is 0 Å². The molecular weight excluding hydrogens is 428 g/mol. The highest BCUT2D eigenvalue weighted by molar-refractivity contribution is 6.03. The number of amides is 1. The molecule has 0 unspecified atom stereocenters. The van der Waals surface area contributed by atoms with Crippen LogP contribution < -0.4 is 21.1 Å². The third-order valence-corrected chi connectivity index (χ3v) is 5.59. The van der Waals surface area contributed by atoms with Gasteiger partial charge in [-0.3, -0.25) is 15.1 Å². The van der Waals surface area contributed by atoms with Crippen molar-refractivity contribution in [2.45, 2.75) is 25.9 Å². The van der Waals surface area contributed by atoms with Crippen LogP contribution in [0.5, 0.6) is 5.75 Å². The summed E-state index contributed by atoms with van der Waals surface area (Å²) < 4.78 is 6.00. The quantitative estimate of drug-likeness (QED) is 0.367. The first kappa shape index (κ1) is 23.1. The molecule has 0 radical (unpaired) electrons. The van der Waals surface area contributed by atoms with E-state index in [4.69, 9.17) is 10.5 Å². The summed E-state index contributed by atoms with van der Waals surface area (Å²) in [6.45, 7) is 7.29. The smallest absolute Gasteiger partial charge is 0.258 e. The molecule has 2 aromatic carbocycles. The van der Waals surface area contributed by atoms with Crippen LogP contribution in [0.4, 0.5) is 5.95 Å². The minimum absolute atomic E-state index is 0.210. The van der Waals surface area contributed by atoms with E-state index in [1.165, 1.54) is 6.20 Å². The maximum atomic E-state index is 12.7. The number of aliphatic imine (C=N–C) groups is 1. The van der Waals surface area contributed by atoms with Crippen LogP contribution in [0, 0.1) is 0 Å². The van der Waals surface area contributed by atoms with E-state index in [1.807, 2.05) is 43.3 Å². The SMILES string of the molecule is C=N/C=C(N)\C=C(/C)c1ccc2cnc(NC(=O)c3ccc(OC4CCNCC4)cc3)nc2c1. The van der Waals surface area contributed by atoms with Gasteiger partial charge in [-0.1, -0.05) is 12.1 Å². The van der Waals surface area contributed by atoms with Crippen LogP contribution in [-0.4, -0.2) is 41.8 Å². The van der Waals surface area contributed by atoms with Crippen LogP contribution >= 0.6 is 0 Å². The lowest BCUT2D eigenvalue weighted by atomic mass is 10.0. The van der Waals surface area contributed by atoms with E-state index in [9.17, 15) is 4.79 Å². The maximum Gasteiger partial charge on any atom is 0.258 e. The third kappa shape index (κ3) is 5.85.